The van der Waals surface area contributed by atoms with Gasteiger partial charge < -0.3 is 14.5 Å². The molecule has 0 radical (unpaired) electrons. The van der Waals surface area contributed by atoms with Crippen LogP contribution in [0.4, 0.5) is 0 Å². The van der Waals surface area contributed by atoms with Gasteiger partial charge in [-0.1, -0.05) is 20.8 Å². The van der Waals surface area contributed by atoms with Crippen molar-refractivity contribution in [2.24, 2.45) is 11.3 Å². The van der Waals surface area contributed by atoms with Crippen molar-refractivity contribution in [1.29, 1.82) is 0 Å². The number of furan rings is 1. The van der Waals surface area contributed by atoms with E-state index in [1.54, 1.807) is 6.07 Å². The van der Waals surface area contributed by atoms with E-state index in [0.29, 0.717) is 18.0 Å². The number of carbonyl (C=O) groups is 1. The van der Waals surface area contributed by atoms with E-state index in [1.807, 2.05) is 0 Å². The zero-order valence-electron chi connectivity index (χ0n) is 11.2. The maximum Gasteiger partial charge on any atom is 0.254 e. The third kappa shape index (κ3) is 2.93. The number of rotatable bonds is 3. The zero-order chi connectivity index (χ0) is 13.2. The van der Waals surface area contributed by atoms with E-state index in [4.69, 9.17) is 9.15 Å². The van der Waals surface area contributed by atoms with Crippen molar-refractivity contribution in [1.82, 2.24) is 5.32 Å². The monoisotopic (exact) mass is 251 g/mol. The lowest BCUT2D eigenvalue weighted by molar-refractivity contribution is 0.00737. The first kappa shape index (κ1) is 13.1. The molecule has 0 unspecified atom stereocenters. The standard InChI is InChI=1S/C14H21NO3/c1-14(2,3)12-10(5-7-18-12)8-15-13(16)11-4-6-17-9-11/h4,6,9-10,12H,5,7-8H2,1-3H3,(H,15,16)/t10-,12+/m1/s1. The smallest absolute Gasteiger partial charge is 0.254 e. The molecule has 0 bridgehead atoms. The van der Waals surface area contributed by atoms with E-state index < -0.39 is 0 Å². The highest BCUT2D eigenvalue weighted by molar-refractivity contribution is 5.93. The van der Waals surface area contributed by atoms with E-state index in [-0.39, 0.29) is 17.4 Å². The summed E-state index contributed by atoms with van der Waals surface area (Å²) in [7, 11) is 0. The zero-order valence-corrected chi connectivity index (χ0v) is 11.2. The largest absolute Gasteiger partial charge is 0.472 e. The molecule has 1 saturated heterocycles. The van der Waals surface area contributed by atoms with Crippen molar-refractivity contribution in [3.8, 4) is 0 Å². The fourth-order valence-corrected chi connectivity index (χ4v) is 2.52. The topological polar surface area (TPSA) is 51.5 Å². The summed E-state index contributed by atoms with van der Waals surface area (Å²) in [4.78, 5) is 11.8. The summed E-state index contributed by atoms with van der Waals surface area (Å²) in [5.74, 6) is 0.309. The summed E-state index contributed by atoms with van der Waals surface area (Å²) in [6.07, 6.45) is 4.18. The highest BCUT2D eigenvalue weighted by Crippen LogP contribution is 2.34. The van der Waals surface area contributed by atoms with Gasteiger partial charge in [-0.15, -0.1) is 0 Å². The van der Waals surface area contributed by atoms with Crippen LogP contribution in [0.1, 0.15) is 37.6 Å². The van der Waals surface area contributed by atoms with Gasteiger partial charge in [0.25, 0.3) is 5.91 Å². The second-order valence-electron chi connectivity index (χ2n) is 5.93. The number of hydrogen-bond acceptors (Lipinski definition) is 3. The molecule has 2 heterocycles. The fourth-order valence-electron chi connectivity index (χ4n) is 2.52. The molecule has 1 amide bonds. The molecule has 2 atom stereocenters. The van der Waals surface area contributed by atoms with Gasteiger partial charge in [-0.25, -0.2) is 0 Å². The Bertz CT molecular complexity index is 392. The lowest BCUT2D eigenvalue weighted by atomic mass is 9.81. The van der Waals surface area contributed by atoms with Gasteiger partial charge in [0.1, 0.15) is 6.26 Å². The van der Waals surface area contributed by atoms with Crippen LogP contribution in [-0.4, -0.2) is 25.2 Å². The average Bonchev–Trinajstić information content (AvgIpc) is 2.95. The summed E-state index contributed by atoms with van der Waals surface area (Å²) < 4.78 is 10.7. The summed E-state index contributed by atoms with van der Waals surface area (Å²) in [5, 5.41) is 2.95. The number of nitrogens with one attached hydrogen (secondary N) is 1. The van der Waals surface area contributed by atoms with Crippen LogP contribution in [0.15, 0.2) is 23.0 Å². The Morgan fingerprint density at radius 2 is 2.28 bits per heavy atom. The molecule has 1 fully saturated rings. The Kier molecular flexibility index (Phi) is 3.76. The third-order valence-electron chi connectivity index (χ3n) is 3.38. The number of amides is 1. The molecule has 0 spiro atoms. The van der Waals surface area contributed by atoms with Crippen molar-refractivity contribution in [3.05, 3.63) is 24.2 Å². The van der Waals surface area contributed by atoms with Crippen LogP contribution in [0.5, 0.6) is 0 Å². The molecular formula is C14H21NO3. The number of carbonyl (C=O) groups excluding carboxylic acids is 1. The van der Waals surface area contributed by atoms with Crippen molar-refractivity contribution >= 4 is 5.91 Å². The Hall–Kier alpha value is -1.29. The molecule has 0 saturated carbocycles. The minimum atomic E-state index is -0.0803. The molecule has 1 aromatic heterocycles. The molecule has 1 N–H and O–H groups in total. The molecule has 0 aliphatic carbocycles. The normalized spacial score (nSPS) is 24.2. The van der Waals surface area contributed by atoms with Crippen LogP contribution in [0.25, 0.3) is 0 Å². The van der Waals surface area contributed by atoms with Crippen molar-refractivity contribution in [2.45, 2.75) is 33.3 Å². The van der Waals surface area contributed by atoms with Crippen LogP contribution in [-0.2, 0) is 4.74 Å². The predicted molar refractivity (Wildman–Crippen MR) is 68.3 cm³/mol. The van der Waals surface area contributed by atoms with E-state index in [9.17, 15) is 4.79 Å². The van der Waals surface area contributed by atoms with Crippen LogP contribution in [0.3, 0.4) is 0 Å². The predicted octanol–water partition coefficient (Wildman–Crippen LogP) is 2.46. The van der Waals surface area contributed by atoms with Crippen molar-refractivity contribution in [3.63, 3.8) is 0 Å². The summed E-state index contributed by atoms with van der Waals surface area (Å²) in [6.45, 7) is 7.97. The number of hydrogen-bond donors (Lipinski definition) is 1. The van der Waals surface area contributed by atoms with Gasteiger partial charge in [0.05, 0.1) is 17.9 Å². The molecule has 0 aromatic carbocycles. The molecule has 100 valence electrons. The van der Waals surface area contributed by atoms with E-state index in [0.717, 1.165) is 13.0 Å². The lowest BCUT2D eigenvalue weighted by Gasteiger charge is -2.31. The molecule has 1 aliphatic rings. The lowest BCUT2D eigenvalue weighted by Crippen LogP contribution is -2.38. The summed E-state index contributed by atoms with van der Waals surface area (Å²) in [6, 6.07) is 1.67. The number of ether oxygens (including phenoxy) is 1. The first-order chi connectivity index (χ1) is 8.48. The molecule has 2 rings (SSSR count). The second-order valence-corrected chi connectivity index (χ2v) is 5.93. The fraction of sp³-hybridized carbons (Fsp3) is 0.643. The molecule has 1 aliphatic heterocycles. The van der Waals surface area contributed by atoms with Gasteiger partial charge in [0.2, 0.25) is 0 Å². The van der Waals surface area contributed by atoms with E-state index in [1.165, 1.54) is 12.5 Å². The van der Waals surface area contributed by atoms with E-state index in [2.05, 4.69) is 26.1 Å². The van der Waals surface area contributed by atoms with Crippen LogP contribution >= 0.6 is 0 Å². The maximum atomic E-state index is 11.8. The Balaban J connectivity index is 1.88. The Labute approximate surface area is 108 Å². The Morgan fingerprint density at radius 1 is 1.50 bits per heavy atom. The summed E-state index contributed by atoms with van der Waals surface area (Å²) >= 11 is 0. The van der Waals surface area contributed by atoms with E-state index >= 15 is 0 Å². The molecule has 4 heteroatoms. The Morgan fingerprint density at radius 3 is 2.89 bits per heavy atom. The SMILES string of the molecule is CC(C)(C)[C@H]1OCC[C@@H]1CNC(=O)c1ccoc1. The molecular weight excluding hydrogens is 230 g/mol. The minimum absolute atomic E-state index is 0.0803. The van der Waals surface area contributed by atoms with Crippen molar-refractivity contribution in [2.75, 3.05) is 13.2 Å². The molecule has 1 aromatic rings. The quantitative estimate of drug-likeness (QED) is 0.897. The van der Waals surface area contributed by atoms with Crippen LogP contribution in [0, 0.1) is 11.3 Å². The first-order valence-electron chi connectivity index (χ1n) is 6.40. The second kappa shape index (κ2) is 5.14. The van der Waals surface area contributed by atoms with Gasteiger partial charge in [0, 0.05) is 19.1 Å². The van der Waals surface area contributed by atoms with Crippen molar-refractivity contribution < 1.29 is 13.9 Å². The minimum Gasteiger partial charge on any atom is -0.472 e. The summed E-state index contributed by atoms with van der Waals surface area (Å²) in [5.41, 5.74) is 0.683. The van der Waals surface area contributed by atoms with Gasteiger partial charge >= 0.3 is 0 Å². The molecule has 4 nitrogen and oxygen atoms in total. The van der Waals surface area contributed by atoms with Gasteiger partial charge in [-0.2, -0.15) is 0 Å². The average molecular weight is 251 g/mol. The van der Waals surface area contributed by atoms with Crippen LogP contribution in [0.2, 0.25) is 0 Å². The highest BCUT2D eigenvalue weighted by Gasteiger charge is 2.37. The molecule has 18 heavy (non-hydrogen) atoms. The van der Waals surface area contributed by atoms with Gasteiger partial charge in [-0.3, -0.25) is 4.79 Å². The van der Waals surface area contributed by atoms with Crippen LogP contribution < -0.4 is 5.32 Å². The first-order valence-corrected chi connectivity index (χ1v) is 6.40. The highest BCUT2D eigenvalue weighted by atomic mass is 16.5. The van der Waals surface area contributed by atoms with Gasteiger partial charge in [0.15, 0.2) is 0 Å². The maximum absolute atomic E-state index is 11.8. The third-order valence-corrected chi connectivity index (χ3v) is 3.38. The van der Waals surface area contributed by atoms with Gasteiger partial charge in [-0.05, 0) is 17.9 Å².